The van der Waals surface area contributed by atoms with E-state index < -0.39 is 0 Å². The summed E-state index contributed by atoms with van der Waals surface area (Å²) in [5, 5.41) is 2.61. The van der Waals surface area contributed by atoms with E-state index in [9.17, 15) is 4.79 Å². The van der Waals surface area contributed by atoms with E-state index in [0.717, 1.165) is 11.3 Å². The molecule has 0 bridgehead atoms. The maximum Gasteiger partial charge on any atom is 0.220 e. The zero-order valence-corrected chi connectivity index (χ0v) is 8.58. The summed E-state index contributed by atoms with van der Waals surface area (Å²) < 4.78 is 0. The molecular formula is C11H16N2O. The van der Waals surface area contributed by atoms with Crippen LogP contribution in [-0.4, -0.2) is 13.0 Å². The standard InChI is InChI=1S/C11H16N2O/c1-8(7-11(14)13-2)9-3-5-10(12)6-4-9/h3-6,8H,7,12H2,1-2H3,(H,13,14). The van der Waals surface area contributed by atoms with E-state index in [2.05, 4.69) is 5.32 Å². The normalized spacial score (nSPS) is 12.1. The number of nitrogen functional groups attached to an aromatic ring is 1. The fraction of sp³-hybridized carbons (Fsp3) is 0.364. The third kappa shape index (κ3) is 2.76. The Morgan fingerprint density at radius 2 is 2.00 bits per heavy atom. The van der Waals surface area contributed by atoms with Crippen molar-refractivity contribution in [1.82, 2.24) is 5.32 Å². The maximum atomic E-state index is 11.1. The van der Waals surface area contributed by atoms with Gasteiger partial charge in [-0.3, -0.25) is 4.79 Å². The van der Waals surface area contributed by atoms with Gasteiger partial charge < -0.3 is 11.1 Å². The summed E-state index contributed by atoms with van der Waals surface area (Å²) in [4.78, 5) is 11.1. The summed E-state index contributed by atoms with van der Waals surface area (Å²) in [6.07, 6.45) is 0.514. The lowest BCUT2D eigenvalue weighted by molar-refractivity contribution is -0.120. The lowest BCUT2D eigenvalue weighted by Crippen LogP contribution is -2.19. The summed E-state index contributed by atoms with van der Waals surface area (Å²) in [5.74, 6) is 0.296. The van der Waals surface area contributed by atoms with E-state index in [0.29, 0.717) is 6.42 Å². The molecular weight excluding hydrogens is 176 g/mol. The zero-order valence-electron chi connectivity index (χ0n) is 8.58. The van der Waals surface area contributed by atoms with E-state index in [1.807, 2.05) is 31.2 Å². The summed E-state index contributed by atoms with van der Waals surface area (Å²) in [5.41, 5.74) is 7.47. The fourth-order valence-electron chi connectivity index (χ4n) is 1.32. The molecule has 3 nitrogen and oxygen atoms in total. The molecule has 0 aliphatic carbocycles. The molecule has 1 aromatic rings. The largest absolute Gasteiger partial charge is 0.399 e. The van der Waals surface area contributed by atoms with Crippen LogP contribution in [0.25, 0.3) is 0 Å². The summed E-state index contributed by atoms with van der Waals surface area (Å²) in [6.45, 7) is 2.03. The lowest BCUT2D eigenvalue weighted by atomic mass is 9.97. The molecule has 0 aliphatic heterocycles. The Labute approximate surface area is 84.3 Å². The van der Waals surface area contributed by atoms with Gasteiger partial charge in [-0.2, -0.15) is 0 Å². The predicted octanol–water partition coefficient (Wildman–Crippen LogP) is 1.51. The second-order valence-corrected chi connectivity index (χ2v) is 3.45. The summed E-state index contributed by atoms with van der Waals surface area (Å²) in [6, 6.07) is 7.64. The molecule has 1 amide bonds. The van der Waals surface area contributed by atoms with Crippen LogP contribution < -0.4 is 11.1 Å². The Morgan fingerprint density at radius 1 is 1.43 bits per heavy atom. The van der Waals surface area contributed by atoms with E-state index in [1.165, 1.54) is 0 Å². The number of nitrogens with one attached hydrogen (secondary N) is 1. The van der Waals surface area contributed by atoms with Gasteiger partial charge in [-0.15, -0.1) is 0 Å². The van der Waals surface area contributed by atoms with Gasteiger partial charge in [0.1, 0.15) is 0 Å². The van der Waals surface area contributed by atoms with E-state index in [4.69, 9.17) is 5.73 Å². The first kappa shape index (κ1) is 10.6. The molecule has 1 unspecified atom stereocenters. The van der Waals surface area contributed by atoms with Crippen molar-refractivity contribution < 1.29 is 4.79 Å². The van der Waals surface area contributed by atoms with Crippen molar-refractivity contribution in [3.8, 4) is 0 Å². The minimum Gasteiger partial charge on any atom is -0.399 e. The van der Waals surface area contributed by atoms with Crippen LogP contribution in [0.3, 0.4) is 0 Å². The molecule has 3 heteroatoms. The van der Waals surface area contributed by atoms with Gasteiger partial charge in [-0.1, -0.05) is 19.1 Å². The van der Waals surface area contributed by atoms with Crippen LogP contribution >= 0.6 is 0 Å². The Morgan fingerprint density at radius 3 is 2.50 bits per heavy atom. The molecule has 14 heavy (non-hydrogen) atoms. The van der Waals surface area contributed by atoms with Crippen LogP contribution in [-0.2, 0) is 4.79 Å². The summed E-state index contributed by atoms with van der Waals surface area (Å²) in [7, 11) is 1.65. The van der Waals surface area contributed by atoms with Crippen molar-refractivity contribution in [2.24, 2.45) is 0 Å². The van der Waals surface area contributed by atoms with Gasteiger partial charge in [-0.05, 0) is 23.6 Å². The summed E-state index contributed by atoms with van der Waals surface area (Å²) >= 11 is 0. The second-order valence-electron chi connectivity index (χ2n) is 3.45. The van der Waals surface area contributed by atoms with Gasteiger partial charge >= 0.3 is 0 Å². The van der Waals surface area contributed by atoms with Crippen LogP contribution in [0.4, 0.5) is 5.69 Å². The number of carbonyl (C=O) groups is 1. The average Bonchev–Trinajstić information content (AvgIpc) is 2.18. The minimum atomic E-state index is 0.0642. The third-order valence-electron chi connectivity index (χ3n) is 2.28. The number of benzene rings is 1. The second kappa shape index (κ2) is 4.65. The average molecular weight is 192 g/mol. The molecule has 76 valence electrons. The molecule has 3 N–H and O–H groups in total. The van der Waals surface area contributed by atoms with Gasteiger partial charge in [0.2, 0.25) is 5.91 Å². The number of carbonyl (C=O) groups excluding carboxylic acids is 1. The lowest BCUT2D eigenvalue weighted by Gasteiger charge is -2.10. The number of hydrogen-bond donors (Lipinski definition) is 2. The van der Waals surface area contributed by atoms with Crippen LogP contribution in [0.2, 0.25) is 0 Å². The van der Waals surface area contributed by atoms with E-state index in [1.54, 1.807) is 7.05 Å². The van der Waals surface area contributed by atoms with Crippen molar-refractivity contribution in [2.45, 2.75) is 19.3 Å². The van der Waals surface area contributed by atoms with Crippen LogP contribution in [0, 0.1) is 0 Å². The van der Waals surface area contributed by atoms with E-state index in [-0.39, 0.29) is 11.8 Å². The SMILES string of the molecule is CNC(=O)CC(C)c1ccc(N)cc1. The van der Waals surface area contributed by atoms with Crippen molar-refractivity contribution in [3.05, 3.63) is 29.8 Å². The van der Waals surface area contributed by atoms with E-state index >= 15 is 0 Å². The number of amides is 1. The third-order valence-corrected chi connectivity index (χ3v) is 2.28. The quantitative estimate of drug-likeness (QED) is 0.713. The zero-order chi connectivity index (χ0) is 10.6. The van der Waals surface area contributed by atoms with Crippen LogP contribution in [0.15, 0.2) is 24.3 Å². The first-order valence-electron chi connectivity index (χ1n) is 4.69. The van der Waals surface area contributed by atoms with Crippen LogP contribution in [0.1, 0.15) is 24.8 Å². The van der Waals surface area contributed by atoms with Gasteiger partial charge in [0.25, 0.3) is 0 Å². The van der Waals surface area contributed by atoms with Gasteiger partial charge in [-0.25, -0.2) is 0 Å². The molecule has 0 heterocycles. The fourth-order valence-corrected chi connectivity index (χ4v) is 1.32. The number of nitrogens with two attached hydrogens (primary N) is 1. The maximum absolute atomic E-state index is 11.1. The van der Waals surface area contributed by atoms with Crippen molar-refractivity contribution in [1.29, 1.82) is 0 Å². The Bertz CT molecular complexity index is 306. The number of rotatable bonds is 3. The highest BCUT2D eigenvalue weighted by atomic mass is 16.1. The first-order valence-corrected chi connectivity index (χ1v) is 4.69. The van der Waals surface area contributed by atoms with Gasteiger partial charge in [0, 0.05) is 19.2 Å². The van der Waals surface area contributed by atoms with Crippen molar-refractivity contribution in [3.63, 3.8) is 0 Å². The minimum absolute atomic E-state index is 0.0642. The molecule has 0 aromatic heterocycles. The van der Waals surface area contributed by atoms with Crippen molar-refractivity contribution in [2.75, 3.05) is 12.8 Å². The molecule has 1 aromatic carbocycles. The highest BCUT2D eigenvalue weighted by molar-refractivity contribution is 5.76. The smallest absolute Gasteiger partial charge is 0.220 e. The molecule has 0 radical (unpaired) electrons. The molecule has 0 aliphatic rings. The van der Waals surface area contributed by atoms with Crippen LogP contribution in [0.5, 0.6) is 0 Å². The van der Waals surface area contributed by atoms with Gasteiger partial charge in [0.15, 0.2) is 0 Å². The molecule has 0 saturated carbocycles. The molecule has 1 atom stereocenters. The van der Waals surface area contributed by atoms with Crippen molar-refractivity contribution >= 4 is 11.6 Å². The molecule has 1 rings (SSSR count). The molecule has 0 fully saturated rings. The Balaban J connectivity index is 2.65. The highest BCUT2D eigenvalue weighted by Crippen LogP contribution is 2.19. The number of anilines is 1. The van der Waals surface area contributed by atoms with Gasteiger partial charge in [0.05, 0.1) is 0 Å². The predicted molar refractivity (Wildman–Crippen MR) is 58.0 cm³/mol. The molecule has 0 spiro atoms. The Hall–Kier alpha value is -1.51. The Kier molecular flexibility index (Phi) is 3.51. The highest BCUT2D eigenvalue weighted by Gasteiger charge is 2.09. The number of hydrogen-bond acceptors (Lipinski definition) is 2. The topological polar surface area (TPSA) is 55.1 Å². The monoisotopic (exact) mass is 192 g/mol. The molecule has 0 saturated heterocycles. The first-order chi connectivity index (χ1) is 6.63.